The SMILES string of the molecule is COc1cc2c(cc1NCC(=O)N1CCc3ccccc31)oc1ccccc12.Cl. The topological polar surface area (TPSA) is 54.7 Å². The maximum absolute atomic E-state index is 12.8. The molecule has 1 aliphatic rings. The number of amides is 1. The Balaban J connectivity index is 0.00000205. The van der Waals surface area contributed by atoms with E-state index in [0.717, 1.165) is 46.3 Å². The molecule has 6 heteroatoms. The molecule has 2 heterocycles. The lowest BCUT2D eigenvalue weighted by atomic mass is 10.1. The van der Waals surface area contributed by atoms with Crippen LogP contribution in [0.1, 0.15) is 5.56 Å². The van der Waals surface area contributed by atoms with Gasteiger partial charge >= 0.3 is 0 Å². The van der Waals surface area contributed by atoms with Crippen LogP contribution >= 0.6 is 12.4 Å². The predicted molar refractivity (Wildman–Crippen MR) is 119 cm³/mol. The van der Waals surface area contributed by atoms with Crippen molar-refractivity contribution in [2.24, 2.45) is 0 Å². The summed E-state index contributed by atoms with van der Waals surface area (Å²) in [6.07, 6.45) is 0.899. The van der Waals surface area contributed by atoms with Gasteiger partial charge in [0.05, 0.1) is 19.3 Å². The van der Waals surface area contributed by atoms with Gasteiger partial charge in [-0.2, -0.15) is 0 Å². The van der Waals surface area contributed by atoms with Crippen molar-refractivity contribution in [2.75, 3.05) is 30.4 Å². The van der Waals surface area contributed by atoms with Gasteiger partial charge < -0.3 is 19.4 Å². The Labute approximate surface area is 174 Å². The molecule has 0 saturated heterocycles. The quantitative estimate of drug-likeness (QED) is 0.515. The number of anilines is 2. The van der Waals surface area contributed by atoms with Crippen LogP contribution in [0.25, 0.3) is 21.9 Å². The van der Waals surface area contributed by atoms with Gasteiger partial charge in [0.25, 0.3) is 0 Å². The van der Waals surface area contributed by atoms with Crippen molar-refractivity contribution < 1.29 is 13.9 Å². The molecule has 0 spiro atoms. The molecule has 1 aliphatic heterocycles. The molecule has 0 bridgehead atoms. The van der Waals surface area contributed by atoms with E-state index in [0.29, 0.717) is 5.75 Å². The maximum Gasteiger partial charge on any atom is 0.246 e. The fraction of sp³-hybridized carbons (Fsp3) is 0.174. The number of nitrogens with zero attached hydrogens (tertiary/aromatic N) is 1. The molecule has 5 rings (SSSR count). The fourth-order valence-corrected chi connectivity index (χ4v) is 3.92. The van der Waals surface area contributed by atoms with Crippen LogP contribution in [0.3, 0.4) is 0 Å². The highest BCUT2D eigenvalue weighted by molar-refractivity contribution is 6.07. The van der Waals surface area contributed by atoms with Crippen LogP contribution in [0.2, 0.25) is 0 Å². The van der Waals surface area contributed by atoms with Gasteiger partial charge in [-0.3, -0.25) is 4.79 Å². The summed E-state index contributed by atoms with van der Waals surface area (Å²) in [5.74, 6) is 0.727. The molecule has 0 radical (unpaired) electrons. The van der Waals surface area contributed by atoms with E-state index in [1.807, 2.05) is 59.5 Å². The summed E-state index contributed by atoms with van der Waals surface area (Å²) in [7, 11) is 1.63. The standard InChI is InChI=1S/C23H20N2O3.ClH/c1-27-22-12-17-16-7-3-5-9-20(16)28-21(17)13-18(22)24-14-23(26)25-11-10-15-6-2-4-8-19(15)25;/h2-9,12-13,24H,10-11,14H2,1H3;1H. The molecular weight excluding hydrogens is 388 g/mol. The Kier molecular flexibility index (Phi) is 5.07. The first kappa shape index (κ1) is 19.2. The molecule has 29 heavy (non-hydrogen) atoms. The van der Waals surface area contributed by atoms with E-state index >= 15 is 0 Å². The van der Waals surface area contributed by atoms with Crippen molar-refractivity contribution in [3.05, 3.63) is 66.2 Å². The lowest BCUT2D eigenvalue weighted by molar-refractivity contribution is -0.116. The monoisotopic (exact) mass is 408 g/mol. The van der Waals surface area contributed by atoms with Gasteiger partial charge in [-0.15, -0.1) is 12.4 Å². The molecule has 1 aromatic heterocycles. The molecule has 0 unspecified atom stereocenters. The van der Waals surface area contributed by atoms with Crippen LogP contribution in [-0.4, -0.2) is 26.1 Å². The van der Waals surface area contributed by atoms with E-state index in [4.69, 9.17) is 9.15 Å². The van der Waals surface area contributed by atoms with Crippen molar-refractivity contribution in [1.29, 1.82) is 0 Å². The highest BCUT2D eigenvalue weighted by atomic mass is 35.5. The number of fused-ring (bicyclic) bond motifs is 4. The lowest BCUT2D eigenvalue weighted by Gasteiger charge is -2.18. The van der Waals surface area contributed by atoms with E-state index in [-0.39, 0.29) is 24.9 Å². The number of ether oxygens (including phenoxy) is 1. The van der Waals surface area contributed by atoms with Gasteiger partial charge in [0.1, 0.15) is 16.9 Å². The zero-order chi connectivity index (χ0) is 19.1. The number of benzene rings is 3. The van der Waals surface area contributed by atoms with Crippen molar-refractivity contribution >= 4 is 51.6 Å². The van der Waals surface area contributed by atoms with Crippen LogP contribution in [-0.2, 0) is 11.2 Å². The normalized spacial score (nSPS) is 12.7. The highest BCUT2D eigenvalue weighted by Gasteiger charge is 2.24. The molecule has 148 valence electrons. The second-order valence-electron chi connectivity index (χ2n) is 6.92. The third-order valence-electron chi connectivity index (χ3n) is 5.32. The summed E-state index contributed by atoms with van der Waals surface area (Å²) in [6.45, 7) is 0.913. The summed E-state index contributed by atoms with van der Waals surface area (Å²) < 4.78 is 11.5. The summed E-state index contributed by atoms with van der Waals surface area (Å²) in [5.41, 5.74) is 4.57. The summed E-state index contributed by atoms with van der Waals surface area (Å²) in [6, 6.07) is 19.8. The number of hydrogen-bond acceptors (Lipinski definition) is 4. The molecule has 5 nitrogen and oxygen atoms in total. The van der Waals surface area contributed by atoms with E-state index < -0.39 is 0 Å². The van der Waals surface area contributed by atoms with E-state index in [2.05, 4.69) is 11.4 Å². The molecule has 1 N–H and O–H groups in total. The Bertz CT molecular complexity index is 1200. The van der Waals surface area contributed by atoms with Crippen LogP contribution in [0.15, 0.2) is 65.1 Å². The number of carbonyl (C=O) groups is 1. The van der Waals surface area contributed by atoms with E-state index in [1.54, 1.807) is 7.11 Å². The number of para-hydroxylation sites is 2. The van der Waals surface area contributed by atoms with Crippen molar-refractivity contribution in [3.8, 4) is 5.75 Å². The number of carbonyl (C=O) groups excluding carboxylic acids is 1. The number of nitrogens with one attached hydrogen (secondary N) is 1. The molecule has 4 aromatic rings. The molecule has 0 saturated carbocycles. The third-order valence-corrected chi connectivity index (χ3v) is 5.32. The Morgan fingerprint density at radius 1 is 1.07 bits per heavy atom. The first-order valence-corrected chi connectivity index (χ1v) is 9.36. The van der Waals surface area contributed by atoms with Crippen molar-refractivity contribution in [1.82, 2.24) is 0 Å². The summed E-state index contributed by atoms with van der Waals surface area (Å²) >= 11 is 0. The van der Waals surface area contributed by atoms with E-state index in [9.17, 15) is 4.79 Å². The van der Waals surface area contributed by atoms with Gasteiger partial charge in [-0.05, 0) is 30.2 Å². The van der Waals surface area contributed by atoms with Gasteiger partial charge in [-0.25, -0.2) is 0 Å². The van der Waals surface area contributed by atoms with Gasteiger partial charge in [0.15, 0.2) is 0 Å². The maximum atomic E-state index is 12.8. The van der Waals surface area contributed by atoms with Crippen LogP contribution in [0.5, 0.6) is 5.75 Å². The number of furan rings is 1. The number of halogens is 1. The largest absolute Gasteiger partial charge is 0.495 e. The van der Waals surface area contributed by atoms with Crippen LogP contribution in [0.4, 0.5) is 11.4 Å². The minimum Gasteiger partial charge on any atom is -0.495 e. The molecular formula is C23H21ClN2O3. The zero-order valence-electron chi connectivity index (χ0n) is 16.0. The fourth-order valence-electron chi connectivity index (χ4n) is 3.92. The molecule has 1 amide bonds. The first-order valence-electron chi connectivity index (χ1n) is 9.36. The predicted octanol–water partition coefficient (Wildman–Crippen LogP) is 5.02. The minimum atomic E-state index is 0. The minimum absolute atomic E-state index is 0. The molecule has 3 aromatic carbocycles. The van der Waals surface area contributed by atoms with E-state index in [1.165, 1.54) is 5.56 Å². The average Bonchev–Trinajstić information content (AvgIpc) is 3.32. The zero-order valence-corrected chi connectivity index (χ0v) is 16.8. The van der Waals surface area contributed by atoms with Gasteiger partial charge in [0.2, 0.25) is 5.91 Å². The number of hydrogen-bond donors (Lipinski definition) is 1. The third kappa shape index (κ3) is 3.28. The number of rotatable bonds is 4. The Morgan fingerprint density at radius 3 is 2.72 bits per heavy atom. The highest BCUT2D eigenvalue weighted by Crippen LogP contribution is 2.36. The Hall–Kier alpha value is -3.18. The van der Waals surface area contributed by atoms with Crippen LogP contribution < -0.4 is 15.0 Å². The Morgan fingerprint density at radius 2 is 1.86 bits per heavy atom. The van der Waals surface area contributed by atoms with Gasteiger partial charge in [0, 0.05) is 29.1 Å². The molecule has 0 aliphatic carbocycles. The second-order valence-corrected chi connectivity index (χ2v) is 6.92. The lowest BCUT2D eigenvalue weighted by Crippen LogP contribution is -2.34. The first-order chi connectivity index (χ1) is 13.7. The van der Waals surface area contributed by atoms with Crippen LogP contribution in [0, 0.1) is 0 Å². The summed E-state index contributed by atoms with van der Waals surface area (Å²) in [4.78, 5) is 14.6. The van der Waals surface area contributed by atoms with Crippen molar-refractivity contribution in [3.63, 3.8) is 0 Å². The number of methoxy groups -OCH3 is 1. The van der Waals surface area contributed by atoms with Crippen molar-refractivity contribution in [2.45, 2.75) is 6.42 Å². The average molecular weight is 409 g/mol. The molecule has 0 fully saturated rings. The van der Waals surface area contributed by atoms with Gasteiger partial charge in [-0.1, -0.05) is 36.4 Å². The second kappa shape index (κ2) is 7.68. The molecule has 0 atom stereocenters. The summed E-state index contributed by atoms with van der Waals surface area (Å²) in [5, 5.41) is 5.28. The smallest absolute Gasteiger partial charge is 0.246 e.